The van der Waals surface area contributed by atoms with Gasteiger partial charge in [-0.15, -0.1) is 0 Å². The van der Waals surface area contributed by atoms with Crippen LogP contribution in [0.5, 0.6) is 11.5 Å². The van der Waals surface area contributed by atoms with Crippen LogP contribution in [-0.4, -0.2) is 46.2 Å². The number of hydrogen-bond donors (Lipinski definition) is 2. The molecule has 4 heteroatoms. The van der Waals surface area contributed by atoms with Crippen molar-refractivity contribution < 1.29 is 10.2 Å². The Balaban J connectivity index is 2.52. The maximum Gasteiger partial charge on any atom is 0.120 e. The van der Waals surface area contributed by atoms with Crippen molar-refractivity contribution in [3.8, 4) is 11.5 Å². The van der Waals surface area contributed by atoms with E-state index in [0.29, 0.717) is 11.5 Å². The van der Waals surface area contributed by atoms with Gasteiger partial charge in [0.2, 0.25) is 0 Å². The average molecular weight is 439 g/mol. The summed E-state index contributed by atoms with van der Waals surface area (Å²) in [5, 5.41) is 20.9. The highest BCUT2D eigenvalue weighted by Gasteiger charge is 2.15. The summed E-state index contributed by atoms with van der Waals surface area (Å²) in [6.45, 7) is 18.3. The molecular weight excluding hydrogens is 396 g/mol. The first-order valence-corrected chi connectivity index (χ1v) is 12.2. The van der Waals surface area contributed by atoms with E-state index in [2.05, 4.69) is 63.5 Å². The highest BCUT2D eigenvalue weighted by Crippen LogP contribution is 2.35. The van der Waals surface area contributed by atoms with Gasteiger partial charge in [-0.05, 0) is 85.6 Å². The summed E-state index contributed by atoms with van der Waals surface area (Å²) in [5.74, 6) is 0.723. The smallest absolute Gasteiger partial charge is 0.120 e. The Morgan fingerprint density at radius 1 is 0.594 bits per heavy atom. The van der Waals surface area contributed by atoms with E-state index in [1.807, 2.05) is 24.3 Å². The van der Waals surface area contributed by atoms with E-state index in [-0.39, 0.29) is 0 Å². The highest BCUT2D eigenvalue weighted by molar-refractivity contribution is 5.91. The zero-order chi connectivity index (χ0) is 23.7. The van der Waals surface area contributed by atoms with Gasteiger partial charge in [0.25, 0.3) is 0 Å². The largest absolute Gasteiger partial charge is 0.508 e. The summed E-state index contributed by atoms with van der Waals surface area (Å²) in [5.41, 5.74) is 6.88. The summed E-state index contributed by atoms with van der Waals surface area (Å²) in [7, 11) is 0. The predicted molar refractivity (Wildman–Crippen MR) is 137 cm³/mol. The van der Waals surface area contributed by atoms with Gasteiger partial charge in [-0.25, -0.2) is 0 Å². The number of benzene rings is 2. The van der Waals surface area contributed by atoms with Gasteiger partial charge < -0.3 is 10.2 Å². The lowest BCUT2D eigenvalue weighted by molar-refractivity contribution is 0.291. The first kappa shape index (κ1) is 26.0. The number of phenolic OH excluding ortho intramolecular Hbond substituents is 2. The van der Waals surface area contributed by atoms with E-state index in [0.717, 1.165) is 63.2 Å². The molecule has 0 saturated carbocycles. The van der Waals surface area contributed by atoms with E-state index in [1.54, 1.807) is 0 Å². The molecule has 176 valence electrons. The Hall–Kier alpha value is -2.30. The minimum absolute atomic E-state index is 0.361. The molecule has 0 aliphatic carbocycles. The van der Waals surface area contributed by atoms with Gasteiger partial charge in [-0.3, -0.25) is 9.80 Å². The first-order valence-electron chi connectivity index (χ1n) is 12.2. The van der Waals surface area contributed by atoms with Crippen LogP contribution in [0.15, 0.2) is 36.4 Å². The van der Waals surface area contributed by atoms with Crippen molar-refractivity contribution in [2.75, 3.05) is 26.2 Å². The van der Waals surface area contributed by atoms with Crippen molar-refractivity contribution in [3.05, 3.63) is 58.7 Å². The van der Waals surface area contributed by atoms with Gasteiger partial charge in [-0.1, -0.05) is 53.7 Å². The lowest BCUT2D eigenvalue weighted by Crippen LogP contribution is -2.22. The van der Waals surface area contributed by atoms with Gasteiger partial charge in [0, 0.05) is 24.2 Å². The Morgan fingerprint density at radius 2 is 0.938 bits per heavy atom. The Labute approximate surface area is 195 Å². The molecule has 0 aliphatic rings. The lowest BCUT2D eigenvalue weighted by atomic mass is 9.89. The van der Waals surface area contributed by atoms with Crippen LogP contribution < -0.4 is 0 Å². The molecular formula is C28H42N2O2. The molecule has 0 spiro atoms. The molecule has 2 rings (SSSR count). The first-order chi connectivity index (χ1) is 15.4. The topological polar surface area (TPSA) is 46.9 Å². The van der Waals surface area contributed by atoms with Crippen LogP contribution in [-0.2, 0) is 13.1 Å². The lowest BCUT2D eigenvalue weighted by Gasteiger charge is -2.21. The Kier molecular flexibility index (Phi) is 10.3. The SMILES string of the molecule is CC/C(=C(\CC)c1ccc(O)c(CN(CC)CC)c1)c1ccc(O)c(CN(CC)CC)c1. The number of rotatable bonds is 12. The molecule has 0 aliphatic heterocycles. The summed E-state index contributed by atoms with van der Waals surface area (Å²) in [4.78, 5) is 4.63. The third-order valence-corrected chi connectivity index (χ3v) is 6.50. The van der Waals surface area contributed by atoms with Crippen LogP contribution in [0.25, 0.3) is 11.1 Å². The third-order valence-electron chi connectivity index (χ3n) is 6.50. The van der Waals surface area contributed by atoms with Gasteiger partial charge >= 0.3 is 0 Å². The molecule has 0 radical (unpaired) electrons. The van der Waals surface area contributed by atoms with E-state index in [4.69, 9.17) is 0 Å². The van der Waals surface area contributed by atoms with Crippen LogP contribution in [0.2, 0.25) is 0 Å². The summed E-state index contributed by atoms with van der Waals surface area (Å²) in [6, 6.07) is 12.0. The van der Waals surface area contributed by atoms with E-state index < -0.39 is 0 Å². The molecule has 4 nitrogen and oxygen atoms in total. The van der Waals surface area contributed by atoms with Crippen LogP contribution in [0.4, 0.5) is 0 Å². The number of phenols is 2. The van der Waals surface area contributed by atoms with Crippen molar-refractivity contribution in [1.82, 2.24) is 9.80 Å². The summed E-state index contributed by atoms with van der Waals surface area (Å²) in [6.07, 6.45) is 1.82. The zero-order valence-corrected chi connectivity index (χ0v) is 20.9. The summed E-state index contributed by atoms with van der Waals surface area (Å²) < 4.78 is 0. The molecule has 0 atom stereocenters. The molecule has 0 bridgehead atoms. The number of aromatic hydroxyl groups is 2. The molecule has 0 heterocycles. The van der Waals surface area contributed by atoms with Crippen LogP contribution >= 0.6 is 0 Å². The second-order valence-electron chi connectivity index (χ2n) is 8.27. The molecule has 0 saturated heterocycles. The number of allylic oxidation sites excluding steroid dienone is 2. The fourth-order valence-electron chi connectivity index (χ4n) is 4.36. The monoisotopic (exact) mass is 438 g/mol. The second-order valence-corrected chi connectivity index (χ2v) is 8.27. The molecule has 0 aromatic heterocycles. The highest BCUT2D eigenvalue weighted by atomic mass is 16.3. The van der Waals surface area contributed by atoms with Crippen molar-refractivity contribution >= 4 is 11.1 Å². The quantitative estimate of drug-likeness (QED) is 0.371. The molecule has 0 amide bonds. The normalized spacial score (nSPS) is 12.5. The van der Waals surface area contributed by atoms with Gasteiger partial charge in [0.1, 0.15) is 11.5 Å². The molecule has 32 heavy (non-hydrogen) atoms. The van der Waals surface area contributed by atoms with Crippen molar-refractivity contribution in [2.24, 2.45) is 0 Å². The average Bonchev–Trinajstić information content (AvgIpc) is 2.81. The van der Waals surface area contributed by atoms with Gasteiger partial charge in [0.15, 0.2) is 0 Å². The zero-order valence-electron chi connectivity index (χ0n) is 20.9. The minimum Gasteiger partial charge on any atom is -0.508 e. The van der Waals surface area contributed by atoms with Crippen molar-refractivity contribution in [1.29, 1.82) is 0 Å². The minimum atomic E-state index is 0.361. The second kappa shape index (κ2) is 12.7. The molecule has 0 unspecified atom stereocenters. The van der Waals surface area contributed by atoms with E-state index in [1.165, 1.54) is 22.3 Å². The number of nitrogens with zero attached hydrogens (tertiary/aromatic N) is 2. The van der Waals surface area contributed by atoms with Crippen molar-refractivity contribution in [3.63, 3.8) is 0 Å². The molecule has 2 aromatic carbocycles. The van der Waals surface area contributed by atoms with Crippen LogP contribution in [0.1, 0.15) is 76.6 Å². The van der Waals surface area contributed by atoms with Crippen LogP contribution in [0.3, 0.4) is 0 Å². The molecule has 2 N–H and O–H groups in total. The maximum absolute atomic E-state index is 10.5. The fraction of sp³-hybridized carbons (Fsp3) is 0.500. The van der Waals surface area contributed by atoms with Crippen LogP contribution in [0, 0.1) is 0 Å². The molecule has 2 aromatic rings. The predicted octanol–water partition coefficient (Wildman–Crippen LogP) is 6.51. The third kappa shape index (κ3) is 6.36. The Morgan fingerprint density at radius 3 is 1.22 bits per heavy atom. The van der Waals surface area contributed by atoms with Gasteiger partial charge in [-0.2, -0.15) is 0 Å². The standard InChI is InChI=1S/C28H42N2O2/c1-7-25(21-13-15-27(31)23(17-21)19-29(9-3)10-4)26(8-2)22-14-16-28(32)24(18-22)20-30(11-5)12-6/h13-18,31-32H,7-12,19-20H2,1-6H3/b26-25-. The fourth-order valence-corrected chi connectivity index (χ4v) is 4.36. The van der Waals surface area contributed by atoms with Crippen molar-refractivity contribution in [2.45, 2.75) is 67.5 Å². The summed E-state index contributed by atoms with van der Waals surface area (Å²) >= 11 is 0. The molecule has 0 fully saturated rings. The van der Waals surface area contributed by atoms with Gasteiger partial charge in [0.05, 0.1) is 0 Å². The Bertz CT molecular complexity index is 823. The maximum atomic E-state index is 10.5. The van der Waals surface area contributed by atoms with E-state index in [9.17, 15) is 10.2 Å². The number of hydrogen-bond acceptors (Lipinski definition) is 4. The van der Waals surface area contributed by atoms with E-state index >= 15 is 0 Å².